The molecule has 3 aromatic rings. The lowest BCUT2D eigenvalue weighted by molar-refractivity contribution is 0.306. The van der Waals surface area contributed by atoms with E-state index in [-0.39, 0.29) is 0 Å². The summed E-state index contributed by atoms with van der Waals surface area (Å²) in [7, 11) is 0. The number of hydrogen-bond donors (Lipinski definition) is 0. The molecule has 0 N–H and O–H groups in total. The van der Waals surface area contributed by atoms with E-state index in [0.29, 0.717) is 23.1 Å². The Balaban J connectivity index is 1.85. The fourth-order valence-electron chi connectivity index (χ4n) is 2.21. The van der Waals surface area contributed by atoms with E-state index in [2.05, 4.69) is 17.1 Å². The molecule has 0 radical (unpaired) electrons. The van der Waals surface area contributed by atoms with Gasteiger partial charge in [-0.1, -0.05) is 23.7 Å². The van der Waals surface area contributed by atoms with Crippen molar-refractivity contribution in [3.8, 4) is 11.8 Å². The lowest BCUT2D eigenvalue weighted by atomic mass is 10.1. The Morgan fingerprint density at radius 2 is 2.09 bits per heavy atom. The molecule has 0 saturated heterocycles. The molecule has 0 amide bonds. The summed E-state index contributed by atoms with van der Waals surface area (Å²) in [6.07, 6.45) is 2.03. The summed E-state index contributed by atoms with van der Waals surface area (Å²) in [5.74, 6) is 0.637. The quantitative estimate of drug-likeness (QED) is 0.492. The molecule has 3 rings (SSSR count). The number of hydrogen-bond acceptors (Lipinski definition) is 4. The van der Waals surface area contributed by atoms with Crippen LogP contribution in [0.3, 0.4) is 0 Å². The highest BCUT2D eigenvalue weighted by molar-refractivity contribution is 7.98. The fourth-order valence-corrected chi connectivity index (χ4v) is 2.85. The number of thioether (sulfide) groups is 1. The van der Waals surface area contributed by atoms with Crippen LogP contribution in [0.5, 0.6) is 5.75 Å². The molecule has 5 heteroatoms. The van der Waals surface area contributed by atoms with Crippen LogP contribution in [0.4, 0.5) is 0 Å². The van der Waals surface area contributed by atoms with Crippen molar-refractivity contribution in [2.75, 3.05) is 6.26 Å². The van der Waals surface area contributed by atoms with Crippen molar-refractivity contribution >= 4 is 34.3 Å². The molecule has 23 heavy (non-hydrogen) atoms. The van der Waals surface area contributed by atoms with Crippen molar-refractivity contribution in [3.05, 3.63) is 64.8 Å². The molecule has 0 bridgehead atoms. The molecule has 0 fully saturated rings. The zero-order valence-electron chi connectivity index (χ0n) is 12.4. The smallest absolute Gasteiger partial charge is 0.136 e. The van der Waals surface area contributed by atoms with Gasteiger partial charge >= 0.3 is 0 Å². The highest BCUT2D eigenvalue weighted by Gasteiger charge is 2.07. The standard InChI is InChI=1S/C18H13ClN2OS/c1-23-16-6-5-13-8-14(18(19)21-17(13)9-16)11-22-15-4-2-3-12(7-15)10-20/h2-9H,11H2,1H3. The minimum absolute atomic E-state index is 0.306. The Morgan fingerprint density at radius 1 is 1.22 bits per heavy atom. The summed E-state index contributed by atoms with van der Waals surface area (Å²) in [5.41, 5.74) is 2.25. The van der Waals surface area contributed by atoms with E-state index in [1.54, 1.807) is 30.0 Å². The van der Waals surface area contributed by atoms with Gasteiger partial charge in [-0.3, -0.25) is 0 Å². The monoisotopic (exact) mass is 340 g/mol. The van der Waals surface area contributed by atoms with Gasteiger partial charge in [-0.25, -0.2) is 4.98 Å². The fraction of sp³-hybridized carbons (Fsp3) is 0.111. The Morgan fingerprint density at radius 3 is 2.87 bits per heavy atom. The van der Waals surface area contributed by atoms with Gasteiger partial charge in [0.25, 0.3) is 0 Å². The maximum absolute atomic E-state index is 8.91. The summed E-state index contributed by atoms with van der Waals surface area (Å²) in [5, 5.41) is 10.4. The SMILES string of the molecule is CSc1ccc2cc(COc3cccc(C#N)c3)c(Cl)nc2c1. The first-order chi connectivity index (χ1) is 11.2. The van der Waals surface area contributed by atoms with Gasteiger partial charge in [0.1, 0.15) is 17.5 Å². The van der Waals surface area contributed by atoms with Crippen LogP contribution in [0.2, 0.25) is 5.15 Å². The van der Waals surface area contributed by atoms with Gasteiger partial charge in [-0.15, -0.1) is 11.8 Å². The molecule has 0 spiro atoms. The second kappa shape index (κ2) is 6.91. The average Bonchev–Trinajstić information content (AvgIpc) is 2.59. The first-order valence-electron chi connectivity index (χ1n) is 6.96. The molecule has 0 atom stereocenters. The number of rotatable bonds is 4. The van der Waals surface area contributed by atoms with E-state index >= 15 is 0 Å². The van der Waals surface area contributed by atoms with Crippen LogP contribution in [0.15, 0.2) is 53.4 Å². The van der Waals surface area contributed by atoms with Crippen molar-refractivity contribution in [1.82, 2.24) is 4.98 Å². The number of aromatic nitrogens is 1. The third-order valence-electron chi connectivity index (χ3n) is 3.41. The highest BCUT2D eigenvalue weighted by atomic mass is 35.5. The summed E-state index contributed by atoms with van der Waals surface area (Å²) in [6.45, 7) is 0.306. The normalized spacial score (nSPS) is 10.5. The molecule has 1 heterocycles. The Bertz CT molecular complexity index is 905. The van der Waals surface area contributed by atoms with Crippen molar-refractivity contribution < 1.29 is 4.74 Å². The van der Waals surface area contributed by atoms with Gasteiger partial charge in [-0.05, 0) is 42.7 Å². The molecule has 114 valence electrons. The predicted octanol–water partition coefficient (Wildman–Crippen LogP) is 5.06. The Labute approximate surface area is 143 Å². The van der Waals surface area contributed by atoms with Crippen molar-refractivity contribution in [2.24, 2.45) is 0 Å². The molecule has 0 saturated carbocycles. The van der Waals surface area contributed by atoms with Crippen LogP contribution in [0, 0.1) is 11.3 Å². The molecular formula is C18H13ClN2OS. The molecule has 1 aromatic heterocycles. The van der Waals surface area contributed by atoms with Crippen LogP contribution in [-0.2, 0) is 6.61 Å². The molecule has 3 nitrogen and oxygen atoms in total. The van der Waals surface area contributed by atoms with Gasteiger partial charge < -0.3 is 4.74 Å². The Hall–Kier alpha value is -2.22. The van der Waals surface area contributed by atoms with E-state index in [1.807, 2.05) is 30.5 Å². The topological polar surface area (TPSA) is 45.9 Å². The zero-order valence-corrected chi connectivity index (χ0v) is 14.0. The largest absolute Gasteiger partial charge is 0.489 e. The molecule has 0 aliphatic heterocycles. The summed E-state index contributed by atoms with van der Waals surface area (Å²) >= 11 is 7.94. The summed E-state index contributed by atoms with van der Waals surface area (Å²) < 4.78 is 5.73. The van der Waals surface area contributed by atoms with Crippen molar-refractivity contribution in [3.63, 3.8) is 0 Å². The average molecular weight is 341 g/mol. The maximum atomic E-state index is 8.91. The number of nitriles is 1. The Kier molecular flexibility index (Phi) is 4.71. The molecule has 0 aliphatic carbocycles. The predicted molar refractivity (Wildman–Crippen MR) is 94.0 cm³/mol. The maximum Gasteiger partial charge on any atom is 0.136 e. The van der Waals surface area contributed by atoms with E-state index in [1.165, 1.54) is 0 Å². The van der Waals surface area contributed by atoms with Gasteiger partial charge in [0.05, 0.1) is 17.1 Å². The van der Waals surface area contributed by atoms with Crippen molar-refractivity contribution in [1.29, 1.82) is 5.26 Å². The van der Waals surface area contributed by atoms with Gasteiger partial charge in [0, 0.05) is 15.8 Å². The van der Waals surface area contributed by atoms with E-state index in [0.717, 1.165) is 21.4 Å². The van der Waals surface area contributed by atoms with Gasteiger partial charge in [0.2, 0.25) is 0 Å². The first-order valence-corrected chi connectivity index (χ1v) is 8.56. The van der Waals surface area contributed by atoms with Crippen molar-refractivity contribution in [2.45, 2.75) is 11.5 Å². The third kappa shape index (κ3) is 3.58. The van der Waals surface area contributed by atoms with E-state index in [9.17, 15) is 0 Å². The summed E-state index contributed by atoms with van der Waals surface area (Å²) in [6, 6.07) is 17.2. The van der Waals surface area contributed by atoms with Crippen LogP contribution < -0.4 is 4.74 Å². The zero-order chi connectivity index (χ0) is 16.2. The van der Waals surface area contributed by atoms with Gasteiger partial charge in [-0.2, -0.15) is 5.26 Å². The summed E-state index contributed by atoms with van der Waals surface area (Å²) in [4.78, 5) is 5.60. The number of pyridine rings is 1. The second-order valence-corrected chi connectivity index (χ2v) is 6.16. The first kappa shape index (κ1) is 15.7. The number of ether oxygens (including phenoxy) is 1. The highest BCUT2D eigenvalue weighted by Crippen LogP contribution is 2.26. The number of nitrogens with zero attached hydrogens (tertiary/aromatic N) is 2. The number of benzene rings is 2. The second-order valence-electron chi connectivity index (χ2n) is 4.93. The van der Waals surface area contributed by atoms with Crippen LogP contribution in [0.1, 0.15) is 11.1 Å². The molecular weight excluding hydrogens is 328 g/mol. The van der Waals surface area contributed by atoms with E-state index < -0.39 is 0 Å². The van der Waals surface area contributed by atoms with Crippen LogP contribution in [0.25, 0.3) is 10.9 Å². The third-order valence-corrected chi connectivity index (χ3v) is 4.46. The lowest BCUT2D eigenvalue weighted by Crippen LogP contribution is -1.98. The minimum atomic E-state index is 0.306. The molecule has 2 aromatic carbocycles. The minimum Gasteiger partial charge on any atom is -0.489 e. The van der Waals surface area contributed by atoms with Crippen LogP contribution in [-0.4, -0.2) is 11.2 Å². The lowest BCUT2D eigenvalue weighted by Gasteiger charge is -2.09. The molecule has 0 unspecified atom stereocenters. The van der Waals surface area contributed by atoms with Gasteiger partial charge in [0.15, 0.2) is 0 Å². The molecule has 0 aliphatic rings. The van der Waals surface area contributed by atoms with Crippen LogP contribution >= 0.6 is 23.4 Å². The van der Waals surface area contributed by atoms with E-state index in [4.69, 9.17) is 21.6 Å². The number of fused-ring (bicyclic) bond motifs is 1. The number of halogens is 1.